The van der Waals surface area contributed by atoms with Crippen molar-refractivity contribution in [2.45, 2.75) is 13.8 Å². The van der Waals surface area contributed by atoms with Crippen LogP contribution >= 0.6 is 0 Å². The average molecular weight is 465 g/mol. The molecule has 0 fully saturated rings. The van der Waals surface area contributed by atoms with Gasteiger partial charge in [-0.3, -0.25) is 4.57 Å². The maximum Gasteiger partial charge on any atom is 0.146 e. The van der Waals surface area contributed by atoms with Crippen molar-refractivity contribution < 1.29 is 4.42 Å². The van der Waals surface area contributed by atoms with Crippen molar-refractivity contribution in [2.24, 2.45) is 0 Å². The minimum Gasteiger partial charge on any atom is -0.455 e. The molecule has 0 spiro atoms. The smallest absolute Gasteiger partial charge is 0.146 e. The molecule has 0 atom stereocenters. The first-order valence-corrected chi connectivity index (χ1v) is 12.2. The number of imidazole rings is 1. The number of hydrogen-bond acceptors (Lipinski definition) is 2. The van der Waals surface area contributed by atoms with E-state index in [-0.39, 0.29) is 0 Å². The normalized spacial score (nSPS) is 11.6. The molecule has 3 nitrogen and oxygen atoms in total. The van der Waals surface area contributed by atoms with Crippen LogP contribution in [0.15, 0.2) is 114 Å². The minimum absolute atomic E-state index is 0.919. The van der Waals surface area contributed by atoms with E-state index < -0.39 is 0 Å². The molecule has 7 rings (SSSR count). The summed E-state index contributed by atoms with van der Waals surface area (Å²) in [6.45, 7) is 4.35. The van der Waals surface area contributed by atoms with E-state index in [1.807, 2.05) is 24.3 Å². The predicted molar refractivity (Wildman–Crippen MR) is 149 cm³/mol. The molecule has 2 aromatic heterocycles. The second-order valence-electron chi connectivity index (χ2n) is 9.36. The van der Waals surface area contributed by atoms with Gasteiger partial charge in [-0.1, -0.05) is 72.8 Å². The summed E-state index contributed by atoms with van der Waals surface area (Å²) in [6, 6.07) is 38.0. The van der Waals surface area contributed by atoms with Gasteiger partial charge in [-0.2, -0.15) is 0 Å². The monoisotopic (exact) mass is 464 g/mol. The zero-order valence-electron chi connectivity index (χ0n) is 20.2. The Labute approximate surface area is 209 Å². The maximum absolute atomic E-state index is 6.35. The Kier molecular flexibility index (Phi) is 4.58. The van der Waals surface area contributed by atoms with Crippen molar-refractivity contribution in [3.05, 3.63) is 120 Å². The Hall–Kier alpha value is -4.63. The maximum atomic E-state index is 6.35. The summed E-state index contributed by atoms with van der Waals surface area (Å²) in [6.07, 6.45) is 0. The van der Waals surface area contributed by atoms with Crippen LogP contribution in [-0.2, 0) is 0 Å². The first-order valence-electron chi connectivity index (χ1n) is 12.2. The zero-order valence-corrected chi connectivity index (χ0v) is 20.2. The van der Waals surface area contributed by atoms with Crippen LogP contribution < -0.4 is 0 Å². The molecular weight excluding hydrogens is 440 g/mol. The number of fused-ring (bicyclic) bond motifs is 4. The molecule has 0 radical (unpaired) electrons. The van der Waals surface area contributed by atoms with Gasteiger partial charge < -0.3 is 4.42 Å². The first-order chi connectivity index (χ1) is 17.7. The molecular formula is C33H24N2O. The van der Waals surface area contributed by atoms with Crippen molar-refractivity contribution in [3.63, 3.8) is 0 Å². The molecule has 0 saturated heterocycles. The van der Waals surface area contributed by atoms with Crippen LogP contribution in [0, 0.1) is 13.8 Å². The van der Waals surface area contributed by atoms with Gasteiger partial charge in [0.1, 0.15) is 17.0 Å². The van der Waals surface area contributed by atoms with E-state index in [1.165, 1.54) is 16.7 Å². The van der Waals surface area contributed by atoms with Crippen molar-refractivity contribution >= 4 is 33.0 Å². The minimum atomic E-state index is 0.919. The van der Waals surface area contributed by atoms with Gasteiger partial charge in [-0.05, 0) is 66.9 Å². The molecule has 0 saturated carbocycles. The molecule has 36 heavy (non-hydrogen) atoms. The number of aryl methyl sites for hydroxylation is 2. The lowest BCUT2D eigenvalue weighted by atomic mass is 9.93. The molecule has 0 unspecified atom stereocenters. The molecule has 7 aromatic rings. The number of benzene rings is 5. The first kappa shape index (κ1) is 20.7. The van der Waals surface area contributed by atoms with E-state index in [0.717, 1.165) is 55.6 Å². The van der Waals surface area contributed by atoms with Crippen LogP contribution in [0.5, 0.6) is 0 Å². The number of para-hydroxylation sites is 5. The van der Waals surface area contributed by atoms with Gasteiger partial charge in [0.25, 0.3) is 0 Å². The van der Waals surface area contributed by atoms with E-state index in [0.29, 0.717) is 0 Å². The van der Waals surface area contributed by atoms with Gasteiger partial charge in [0.15, 0.2) is 0 Å². The molecule has 3 heteroatoms. The van der Waals surface area contributed by atoms with E-state index in [4.69, 9.17) is 9.40 Å². The van der Waals surface area contributed by atoms with E-state index in [9.17, 15) is 0 Å². The Bertz CT molecular complexity index is 1910. The third-order valence-corrected chi connectivity index (χ3v) is 7.08. The molecule has 2 heterocycles. The SMILES string of the molecule is Cc1cc(-c2nc3ccccc3n2-c2ccccc2)c(C)cc1-c1cccc2c1oc1ccccc12. The molecule has 5 aromatic carbocycles. The molecule has 0 aliphatic carbocycles. The zero-order chi connectivity index (χ0) is 24.2. The quantitative estimate of drug-likeness (QED) is 0.261. The third-order valence-electron chi connectivity index (χ3n) is 7.08. The van der Waals surface area contributed by atoms with Gasteiger partial charge in [0.2, 0.25) is 0 Å². The predicted octanol–water partition coefficient (Wildman–Crippen LogP) is 8.88. The summed E-state index contributed by atoms with van der Waals surface area (Å²) in [5.41, 5.74) is 10.9. The molecule has 0 aliphatic heterocycles. The Balaban J connectivity index is 1.45. The Morgan fingerprint density at radius 3 is 2.19 bits per heavy atom. The van der Waals surface area contributed by atoms with E-state index in [2.05, 4.69) is 103 Å². The highest BCUT2D eigenvalue weighted by molar-refractivity contribution is 6.09. The summed E-state index contributed by atoms with van der Waals surface area (Å²) in [7, 11) is 0. The Morgan fingerprint density at radius 1 is 0.611 bits per heavy atom. The molecule has 0 N–H and O–H groups in total. The third kappa shape index (κ3) is 3.10. The molecule has 0 amide bonds. The van der Waals surface area contributed by atoms with Gasteiger partial charge in [-0.15, -0.1) is 0 Å². The highest BCUT2D eigenvalue weighted by Crippen LogP contribution is 2.39. The van der Waals surface area contributed by atoms with Crippen molar-refractivity contribution in [3.8, 4) is 28.2 Å². The largest absolute Gasteiger partial charge is 0.455 e. The topological polar surface area (TPSA) is 31.0 Å². The number of furan rings is 1. The number of aromatic nitrogens is 2. The van der Waals surface area contributed by atoms with E-state index >= 15 is 0 Å². The van der Waals surface area contributed by atoms with Crippen molar-refractivity contribution in [2.75, 3.05) is 0 Å². The second-order valence-corrected chi connectivity index (χ2v) is 9.36. The van der Waals surface area contributed by atoms with Crippen LogP contribution in [0.3, 0.4) is 0 Å². The highest BCUT2D eigenvalue weighted by atomic mass is 16.3. The lowest BCUT2D eigenvalue weighted by Crippen LogP contribution is -1.99. The fourth-order valence-electron chi connectivity index (χ4n) is 5.35. The molecule has 0 aliphatic rings. The highest BCUT2D eigenvalue weighted by Gasteiger charge is 2.19. The summed E-state index contributed by atoms with van der Waals surface area (Å²) >= 11 is 0. The lowest BCUT2D eigenvalue weighted by Gasteiger charge is -2.15. The van der Waals surface area contributed by atoms with Crippen LogP contribution in [0.1, 0.15) is 11.1 Å². The standard InChI is InChI=1S/C33H24N2O/c1-21-20-28(33-34-29-16-7-8-17-30(29)35(33)23-11-4-3-5-12-23)22(2)19-27(21)26-15-10-14-25-24-13-6-9-18-31(24)36-32(25)26/h3-20H,1-2H3. The summed E-state index contributed by atoms with van der Waals surface area (Å²) in [5.74, 6) is 0.955. The summed E-state index contributed by atoms with van der Waals surface area (Å²) in [4.78, 5) is 5.09. The van der Waals surface area contributed by atoms with Gasteiger partial charge >= 0.3 is 0 Å². The van der Waals surface area contributed by atoms with E-state index in [1.54, 1.807) is 0 Å². The molecule has 172 valence electrons. The van der Waals surface area contributed by atoms with Crippen LogP contribution in [-0.4, -0.2) is 9.55 Å². The van der Waals surface area contributed by atoms with Gasteiger partial charge in [0.05, 0.1) is 11.0 Å². The fourth-order valence-corrected chi connectivity index (χ4v) is 5.35. The van der Waals surface area contributed by atoms with Gasteiger partial charge in [-0.25, -0.2) is 4.98 Å². The van der Waals surface area contributed by atoms with Crippen molar-refractivity contribution in [1.29, 1.82) is 0 Å². The lowest BCUT2D eigenvalue weighted by molar-refractivity contribution is 0.670. The van der Waals surface area contributed by atoms with Crippen LogP contribution in [0.2, 0.25) is 0 Å². The summed E-state index contributed by atoms with van der Waals surface area (Å²) in [5, 5.41) is 2.30. The fraction of sp³-hybridized carbons (Fsp3) is 0.0606. The Morgan fingerprint density at radius 2 is 1.31 bits per heavy atom. The summed E-state index contributed by atoms with van der Waals surface area (Å²) < 4.78 is 8.61. The number of hydrogen-bond donors (Lipinski definition) is 0. The average Bonchev–Trinajstić information content (AvgIpc) is 3.49. The number of nitrogens with zero attached hydrogens (tertiary/aromatic N) is 2. The molecule has 0 bridgehead atoms. The van der Waals surface area contributed by atoms with Crippen molar-refractivity contribution in [1.82, 2.24) is 9.55 Å². The van der Waals surface area contributed by atoms with Crippen LogP contribution in [0.4, 0.5) is 0 Å². The second kappa shape index (κ2) is 7.96. The van der Waals surface area contributed by atoms with Gasteiger partial charge in [0, 0.05) is 27.6 Å². The number of rotatable bonds is 3. The van der Waals surface area contributed by atoms with Crippen LogP contribution in [0.25, 0.3) is 61.2 Å².